The standard InChI is InChI=1S/C19H26N6O2/c26-14-2-9-25(15-17-3-7-20-8-4-17)18(27)16-23-10-12-24(13-11-23)19-21-5-1-6-22-19/h1,3-8,26H,2,9-16H2. The molecule has 0 aliphatic carbocycles. The minimum atomic E-state index is 0.0792. The molecular formula is C19H26N6O2. The van der Waals surface area contributed by atoms with Gasteiger partial charge in [0.15, 0.2) is 0 Å². The molecule has 3 rings (SSSR count). The van der Waals surface area contributed by atoms with Crippen molar-refractivity contribution in [3.8, 4) is 0 Å². The number of aliphatic hydroxyl groups is 1. The van der Waals surface area contributed by atoms with E-state index < -0.39 is 0 Å². The van der Waals surface area contributed by atoms with Gasteiger partial charge >= 0.3 is 0 Å². The van der Waals surface area contributed by atoms with Gasteiger partial charge in [-0.15, -0.1) is 0 Å². The van der Waals surface area contributed by atoms with Gasteiger partial charge in [-0.05, 0) is 30.2 Å². The molecule has 2 aromatic heterocycles. The molecule has 1 aliphatic rings. The van der Waals surface area contributed by atoms with Crippen LogP contribution in [-0.2, 0) is 11.3 Å². The molecule has 1 aliphatic heterocycles. The smallest absolute Gasteiger partial charge is 0.237 e. The summed E-state index contributed by atoms with van der Waals surface area (Å²) in [6.07, 6.45) is 7.53. The topological polar surface area (TPSA) is 85.7 Å². The van der Waals surface area contributed by atoms with Gasteiger partial charge in [0.05, 0.1) is 6.54 Å². The number of carbonyl (C=O) groups is 1. The molecule has 0 saturated carbocycles. The Labute approximate surface area is 159 Å². The summed E-state index contributed by atoms with van der Waals surface area (Å²) in [5.74, 6) is 0.829. The molecule has 0 atom stereocenters. The summed E-state index contributed by atoms with van der Waals surface area (Å²) >= 11 is 0. The van der Waals surface area contributed by atoms with Crippen LogP contribution in [-0.4, -0.2) is 81.6 Å². The van der Waals surface area contributed by atoms with Crippen molar-refractivity contribution in [3.05, 3.63) is 48.5 Å². The molecule has 1 N–H and O–H groups in total. The number of anilines is 1. The molecule has 0 bridgehead atoms. The first-order valence-electron chi connectivity index (χ1n) is 9.28. The number of amides is 1. The fourth-order valence-corrected chi connectivity index (χ4v) is 3.11. The lowest BCUT2D eigenvalue weighted by molar-refractivity contribution is -0.133. The number of carbonyl (C=O) groups excluding carboxylic acids is 1. The first-order chi connectivity index (χ1) is 13.3. The molecule has 8 nitrogen and oxygen atoms in total. The fourth-order valence-electron chi connectivity index (χ4n) is 3.11. The number of aromatic nitrogens is 3. The minimum Gasteiger partial charge on any atom is -0.396 e. The predicted octanol–water partition coefficient (Wildman–Crippen LogP) is 0.405. The number of hydrogen-bond donors (Lipinski definition) is 1. The highest BCUT2D eigenvalue weighted by molar-refractivity contribution is 5.78. The molecule has 1 fully saturated rings. The quantitative estimate of drug-likeness (QED) is 0.720. The lowest BCUT2D eigenvalue weighted by Crippen LogP contribution is -2.50. The Bertz CT molecular complexity index is 692. The average Bonchev–Trinajstić information content (AvgIpc) is 2.73. The van der Waals surface area contributed by atoms with Crippen molar-refractivity contribution in [1.29, 1.82) is 0 Å². The molecular weight excluding hydrogens is 344 g/mol. The van der Waals surface area contributed by atoms with Crippen molar-refractivity contribution in [2.45, 2.75) is 13.0 Å². The van der Waals surface area contributed by atoms with Crippen molar-refractivity contribution in [3.63, 3.8) is 0 Å². The van der Waals surface area contributed by atoms with Gasteiger partial charge < -0.3 is 14.9 Å². The number of pyridine rings is 1. The third kappa shape index (κ3) is 5.70. The van der Waals surface area contributed by atoms with Gasteiger partial charge in [0.1, 0.15) is 0 Å². The summed E-state index contributed by atoms with van der Waals surface area (Å²) in [5, 5.41) is 9.15. The van der Waals surface area contributed by atoms with Crippen LogP contribution >= 0.6 is 0 Å². The van der Waals surface area contributed by atoms with Gasteiger partial charge in [0.2, 0.25) is 11.9 Å². The van der Waals surface area contributed by atoms with E-state index in [9.17, 15) is 4.79 Å². The van der Waals surface area contributed by atoms with Crippen molar-refractivity contribution in [2.75, 3.05) is 50.8 Å². The zero-order valence-electron chi connectivity index (χ0n) is 15.4. The monoisotopic (exact) mass is 370 g/mol. The van der Waals surface area contributed by atoms with Gasteiger partial charge in [-0.2, -0.15) is 0 Å². The second kappa shape index (κ2) is 9.94. The van der Waals surface area contributed by atoms with Crippen LogP contribution in [0.2, 0.25) is 0 Å². The maximum Gasteiger partial charge on any atom is 0.237 e. The number of hydrogen-bond acceptors (Lipinski definition) is 7. The van der Waals surface area contributed by atoms with Crippen molar-refractivity contribution in [1.82, 2.24) is 24.8 Å². The van der Waals surface area contributed by atoms with E-state index in [2.05, 4.69) is 24.8 Å². The van der Waals surface area contributed by atoms with Crippen LogP contribution in [0.25, 0.3) is 0 Å². The first kappa shape index (κ1) is 19.2. The minimum absolute atomic E-state index is 0.0792. The first-order valence-corrected chi connectivity index (χ1v) is 9.28. The molecule has 1 saturated heterocycles. The zero-order valence-corrected chi connectivity index (χ0v) is 15.4. The molecule has 27 heavy (non-hydrogen) atoms. The van der Waals surface area contributed by atoms with Crippen LogP contribution in [0.4, 0.5) is 5.95 Å². The van der Waals surface area contributed by atoms with E-state index in [1.54, 1.807) is 24.8 Å². The van der Waals surface area contributed by atoms with Crippen molar-refractivity contribution >= 4 is 11.9 Å². The average molecular weight is 370 g/mol. The van der Waals surface area contributed by atoms with E-state index in [1.807, 2.05) is 23.1 Å². The van der Waals surface area contributed by atoms with Crippen molar-refractivity contribution in [2.24, 2.45) is 0 Å². The summed E-state index contributed by atoms with van der Waals surface area (Å²) in [4.78, 5) is 31.5. The van der Waals surface area contributed by atoms with Crippen LogP contribution in [0.15, 0.2) is 43.0 Å². The van der Waals surface area contributed by atoms with E-state index in [4.69, 9.17) is 5.11 Å². The Morgan fingerprint density at radius 3 is 2.44 bits per heavy atom. The lowest BCUT2D eigenvalue weighted by atomic mass is 10.2. The fraction of sp³-hybridized carbons (Fsp3) is 0.474. The second-order valence-corrected chi connectivity index (χ2v) is 6.56. The van der Waals surface area contributed by atoms with E-state index in [1.165, 1.54) is 0 Å². The molecule has 2 aromatic rings. The molecule has 0 unspecified atom stereocenters. The number of rotatable bonds is 8. The number of piperazine rings is 1. The molecule has 0 radical (unpaired) electrons. The molecule has 8 heteroatoms. The number of nitrogens with zero attached hydrogens (tertiary/aromatic N) is 6. The Kier molecular flexibility index (Phi) is 7.06. The van der Waals surface area contributed by atoms with Crippen LogP contribution in [0, 0.1) is 0 Å². The Morgan fingerprint density at radius 2 is 1.78 bits per heavy atom. The van der Waals surface area contributed by atoms with Gasteiger partial charge in [-0.3, -0.25) is 14.7 Å². The van der Waals surface area contributed by atoms with Gasteiger partial charge in [0, 0.05) is 70.7 Å². The van der Waals surface area contributed by atoms with E-state index >= 15 is 0 Å². The summed E-state index contributed by atoms with van der Waals surface area (Å²) in [7, 11) is 0. The highest BCUT2D eigenvalue weighted by Gasteiger charge is 2.22. The highest BCUT2D eigenvalue weighted by Crippen LogP contribution is 2.11. The molecule has 3 heterocycles. The summed E-state index contributed by atoms with van der Waals surface area (Å²) < 4.78 is 0. The Morgan fingerprint density at radius 1 is 1.07 bits per heavy atom. The molecule has 0 aromatic carbocycles. The van der Waals surface area contributed by atoms with Gasteiger partial charge in [0.25, 0.3) is 0 Å². The van der Waals surface area contributed by atoms with E-state index in [0.717, 1.165) is 37.7 Å². The lowest BCUT2D eigenvalue weighted by Gasteiger charge is -2.35. The Hall–Kier alpha value is -2.58. The predicted molar refractivity (Wildman–Crippen MR) is 102 cm³/mol. The third-order valence-corrected chi connectivity index (χ3v) is 4.63. The summed E-state index contributed by atoms with van der Waals surface area (Å²) in [6.45, 7) is 4.77. The van der Waals surface area contributed by atoms with Crippen LogP contribution in [0.3, 0.4) is 0 Å². The highest BCUT2D eigenvalue weighted by atomic mass is 16.3. The summed E-state index contributed by atoms with van der Waals surface area (Å²) in [6, 6.07) is 5.64. The zero-order chi connectivity index (χ0) is 18.9. The van der Waals surface area contributed by atoms with Crippen LogP contribution < -0.4 is 4.90 Å². The number of aliphatic hydroxyl groups excluding tert-OH is 1. The van der Waals surface area contributed by atoms with E-state index in [0.29, 0.717) is 26.1 Å². The SMILES string of the molecule is O=C(CN1CCN(c2ncccn2)CC1)N(CCCO)Cc1ccncc1. The normalized spacial score (nSPS) is 14.9. The third-order valence-electron chi connectivity index (χ3n) is 4.63. The molecule has 0 spiro atoms. The maximum absolute atomic E-state index is 12.8. The van der Waals surface area contributed by atoms with Gasteiger partial charge in [-0.1, -0.05) is 0 Å². The van der Waals surface area contributed by atoms with Crippen molar-refractivity contribution < 1.29 is 9.90 Å². The Balaban J connectivity index is 1.52. The van der Waals surface area contributed by atoms with Gasteiger partial charge in [-0.25, -0.2) is 9.97 Å². The van der Waals surface area contributed by atoms with E-state index in [-0.39, 0.29) is 12.5 Å². The van der Waals surface area contributed by atoms with Crippen LogP contribution in [0.1, 0.15) is 12.0 Å². The second-order valence-electron chi connectivity index (χ2n) is 6.56. The molecule has 144 valence electrons. The summed E-state index contributed by atoms with van der Waals surface area (Å²) in [5.41, 5.74) is 1.04. The maximum atomic E-state index is 12.8. The largest absolute Gasteiger partial charge is 0.396 e. The molecule has 1 amide bonds. The van der Waals surface area contributed by atoms with Crippen LogP contribution in [0.5, 0.6) is 0 Å².